The summed E-state index contributed by atoms with van der Waals surface area (Å²) in [5.41, 5.74) is 1.36. The fourth-order valence-electron chi connectivity index (χ4n) is 1.50. The minimum absolute atomic E-state index is 0.0887. The highest BCUT2D eigenvalue weighted by atomic mass is 16.5. The summed E-state index contributed by atoms with van der Waals surface area (Å²) < 4.78 is 4.86. The minimum atomic E-state index is -0.454. The fourth-order valence-corrected chi connectivity index (χ4v) is 1.50. The Balaban J connectivity index is 2.24. The summed E-state index contributed by atoms with van der Waals surface area (Å²) in [6.45, 7) is 7.32. The van der Waals surface area contributed by atoms with Crippen LogP contribution in [0.3, 0.4) is 0 Å². The Morgan fingerprint density at radius 3 is 2.55 bits per heavy atom. The van der Waals surface area contributed by atoms with Gasteiger partial charge < -0.3 is 15.4 Å². The molecule has 20 heavy (non-hydrogen) atoms. The van der Waals surface area contributed by atoms with Crippen molar-refractivity contribution >= 4 is 12.0 Å². The molecule has 0 unspecified atom stereocenters. The first-order valence-electron chi connectivity index (χ1n) is 6.42. The van der Waals surface area contributed by atoms with Gasteiger partial charge in [-0.05, 0) is 19.4 Å². The molecule has 0 saturated heterocycles. The molecule has 5 nitrogen and oxygen atoms in total. The third kappa shape index (κ3) is 5.56. The van der Waals surface area contributed by atoms with Crippen LogP contribution in [0.25, 0.3) is 0 Å². The van der Waals surface area contributed by atoms with Crippen molar-refractivity contribution in [3.05, 3.63) is 48.0 Å². The van der Waals surface area contributed by atoms with E-state index in [4.69, 9.17) is 4.74 Å². The van der Waals surface area contributed by atoms with E-state index in [2.05, 4.69) is 17.2 Å². The molecule has 0 aliphatic carbocycles. The van der Waals surface area contributed by atoms with Crippen molar-refractivity contribution in [3.63, 3.8) is 0 Å². The number of ether oxygens (including phenoxy) is 1. The van der Waals surface area contributed by atoms with Crippen LogP contribution in [-0.2, 0) is 9.53 Å². The van der Waals surface area contributed by atoms with Crippen molar-refractivity contribution < 1.29 is 14.3 Å². The summed E-state index contributed by atoms with van der Waals surface area (Å²) in [6.07, 6.45) is 0. The maximum absolute atomic E-state index is 11.6. The van der Waals surface area contributed by atoms with E-state index in [0.717, 1.165) is 5.56 Å². The highest BCUT2D eigenvalue weighted by Crippen LogP contribution is 2.10. The molecule has 1 aromatic rings. The lowest BCUT2D eigenvalue weighted by Gasteiger charge is -2.15. The smallest absolute Gasteiger partial charge is 0.333 e. The Hall–Kier alpha value is -2.30. The Morgan fingerprint density at radius 1 is 1.30 bits per heavy atom. The molecule has 0 bridgehead atoms. The predicted octanol–water partition coefficient (Wildman–Crippen LogP) is 2.17. The molecule has 1 atom stereocenters. The summed E-state index contributed by atoms with van der Waals surface area (Å²) in [6, 6.07) is 9.26. The van der Waals surface area contributed by atoms with Crippen LogP contribution in [0.4, 0.5) is 4.79 Å². The molecule has 2 N–H and O–H groups in total. The van der Waals surface area contributed by atoms with Crippen LogP contribution < -0.4 is 10.6 Å². The Bertz CT molecular complexity index is 471. The summed E-state index contributed by atoms with van der Waals surface area (Å²) >= 11 is 0. The van der Waals surface area contributed by atoms with Crippen LogP contribution in [0, 0.1) is 0 Å². The molecule has 1 rings (SSSR count). The van der Waals surface area contributed by atoms with Gasteiger partial charge in [0.2, 0.25) is 0 Å². The normalized spacial score (nSPS) is 11.3. The molecule has 5 heteroatoms. The number of hydrogen-bond donors (Lipinski definition) is 2. The van der Waals surface area contributed by atoms with Gasteiger partial charge in [0, 0.05) is 5.57 Å². The average molecular weight is 276 g/mol. The van der Waals surface area contributed by atoms with Gasteiger partial charge in [-0.1, -0.05) is 36.9 Å². The molecule has 0 aliphatic heterocycles. The van der Waals surface area contributed by atoms with Crippen LogP contribution >= 0.6 is 0 Å². The largest absolute Gasteiger partial charge is 0.460 e. The number of benzene rings is 1. The highest BCUT2D eigenvalue weighted by Gasteiger charge is 2.08. The van der Waals surface area contributed by atoms with Gasteiger partial charge in [-0.2, -0.15) is 0 Å². The van der Waals surface area contributed by atoms with Crippen molar-refractivity contribution in [2.75, 3.05) is 13.2 Å². The van der Waals surface area contributed by atoms with E-state index >= 15 is 0 Å². The number of amides is 2. The lowest BCUT2D eigenvalue weighted by atomic mass is 10.1. The molecular weight excluding hydrogens is 256 g/mol. The van der Waals surface area contributed by atoms with E-state index in [-0.39, 0.29) is 25.2 Å². The van der Waals surface area contributed by atoms with Gasteiger partial charge in [-0.25, -0.2) is 9.59 Å². The topological polar surface area (TPSA) is 67.4 Å². The van der Waals surface area contributed by atoms with E-state index < -0.39 is 5.97 Å². The van der Waals surface area contributed by atoms with Gasteiger partial charge in [0.15, 0.2) is 0 Å². The van der Waals surface area contributed by atoms with Crippen LogP contribution in [0.1, 0.15) is 25.5 Å². The quantitative estimate of drug-likeness (QED) is 0.475. The first kappa shape index (κ1) is 15.8. The summed E-state index contributed by atoms with van der Waals surface area (Å²) in [5.74, 6) is -0.454. The van der Waals surface area contributed by atoms with Gasteiger partial charge in [-0.3, -0.25) is 0 Å². The molecule has 2 amide bonds. The highest BCUT2D eigenvalue weighted by molar-refractivity contribution is 5.86. The van der Waals surface area contributed by atoms with Crippen molar-refractivity contribution in [3.8, 4) is 0 Å². The summed E-state index contributed by atoms with van der Waals surface area (Å²) in [7, 11) is 0. The molecule has 108 valence electrons. The van der Waals surface area contributed by atoms with E-state index in [9.17, 15) is 9.59 Å². The first-order chi connectivity index (χ1) is 9.50. The summed E-state index contributed by atoms with van der Waals surface area (Å²) in [4.78, 5) is 22.7. The maximum Gasteiger partial charge on any atom is 0.333 e. The number of hydrogen-bond acceptors (Lipinski definition) is 3. The zero-order chi connectivity index (χ0) is 15.0. The van der Waals surface area contributed by atoms with Gasteiger partial charge in [0.05, 0.1) is 12.6 Å². The SMILES string of the molecule is C=C(C)C(=O)OCCNC(=O)N[C@@H](C)c1ccccc1. The number of nitrogens with one attached hydrogen (secondary N) is 2. The molecule has 0 fully saturated rings. The molecule has 0 saturated carbocycles. The second-order valence-corrected chi connectivity index (χ2v) is 4.45. The third-order valence-corrected chi connectivity index (χ3v) is 2.62. The molecule has 0 aromatic heterocycles. The average Bonchev–Trinajstić information content (AvgIpc) is 2.44. The van der Waals surface area contributed by atoms with Gasteiger partial charge in [0.25, 0.3) is 0 Å². The van der Waals surface area contributed by atoms with Crippen molar-refractivity contribution in [1.29, 1.82) is 0 Å². The monoisotopic (exact) mass is 276 g/mol. The predicted molar refractivity (Wildman–Crippen MR) is 77.2 cm³/mol. The minimum Gasteiger partial charge on any atom is -0.460 e. The number of esters is 1. The van der Waals surface area contributed by atoms with Gasteiger partial charge >= 0.3 is 12.0 Å². The zero-order valence-corrected chi connectivity index (χ0v) is 11.8. The Kier molecular flexibility index (Phi) is 6.29. The van der Waals surface area contributed by atoms with Crippen LogP contribution in [0.2, 0.25) is 0 Å². The standard InChI is InChI=1S/C15H20N2O3/c1-11(2)14(18)20-10-9-16-15(19)17-12(3)13-7-5-4-6-8-13/h4-8,12H,1,9-10H2,2-3H3,(H2,16,17,19)/t12-/m0/s1. The molecular formula is C15H20N2O3. The molecule has 0 spiro atoms. The molecule has 0 aliphatic rings. The fraction of sp³-hybridized carbons (Fsp3) is 0.333. The van der Waals surface area contributed by atoms with Gasteiger partial charge in [-0.15, -0.1) is 0 Å². The van der Waals surface area contributed by atoms with E-state index in [1.54, 1.807) is 6.92 Å². The van der Waals surface area contributed by atoms with Crippen LogP contribution in [0.5, 0.6) is 0 Å². The van der Waals surface area contributed by atoms with E-state index in [1.807, 2.05) is 37.3 Å². The lowest BCUT2D eigenvalue weighted by Crippen LogP contribution is -2.38. The van der Waals surface area contributed by atoms with Gasteiger partial charge in [0.1, 0.15) is 6.61 Å². The summed E-state index contributed by atoms with van der Waals surface area (Å²) in [5, 5.41) is 5.42. The van der Waals surface area contributed by atoms with Crippen molar-refractivity contribution in [2.24, 2.45) is 0 Å². The van der Waals surface area contributed by atoms with Crippen molar-refractivity contribution in [1.82, 2.24) is 10.6 Å². The molecule has 0 heterocycles. The number of rotatable bonds is 6. The van der Waals surface area contributed by atoms with Crippen molar-refractivity contribution in [2.45, 2.75) is 19.9 Å². The second-order valence-electron chi connectivity index (χ2n) is 4.45. The second kappa shape index (κ2) is 7.99. The van der Waals surface area contributed by atoms with E-state index in [0.29, 0.717) is 5.57 Å². The number of urea groups is 1. The molecule has 1 aromatic carbocycles. The van der Waals surface area contributed by atoms with Crippen LogP contribution in [-0.4, -0.2) is 25.2 Å². The third-order valence-electron chi connectivity index (χ3n) is 2.62. The Labute approximate surface area is 119 Å². The van der Waals surface area contributed by atoms with E-state index in [1.165, 1.54) is 0 Å². The first-order valence-corrected chi connectivity index (χ1v) is 6.42. The molecule has 0 radical (unpaired) electrons. The number of carbonyl (C=O) groups is 2. The zero-order valence-electron chi connectivity index (χ0n) is 11.8. The Morgan fingerprint density at radius 2 is 1.95 bits per heavy atom. The maximum atomic E-state index is 11.6. The van der Waals surface area contributed by atoms with Crippen LogP contribution in [0.15, 0.2) is 42.5 Å². The number of carbonyl (C=O) groups excluding carboxylic acids is 2. The lowest BCUT2D eigenvalue weighted by molar-refractivity contribution is -0.138.